The molecular weight excluding hydrogens is 366 g/mol. The van der Waals surface area contributed by atoms with Gasteiger partial charge in [0.2, 0.25) is 0 Å². The molecule has 0 amide bonds. The van der Waals surface area contributed by atoms with Gasteiger partial charge in [-0.2, -0.15) is 14.0 Å². The largest absolute Gasteiger partial charge is 0.383 e. The van der Waals surface area contributed by atoms with Crippen LogP contribution in [0.3, 0.4) is 0 Å². The molecule has 1 aliphatic rings. The van der Waals surface area contributed by atoms with Gasteiger partial charge in [0.25, 0.3) is 5.92 Å². The summed E-state index contributed by atoms with van der Waals surface area (Å²) in [4.78, 5) is 10.2. The molecule has 0 aliphatic carbocycles. The molecule has 148 valence electrons. The molecule has 28 heavy (non-hydrogen) atoms. The van der Waals surface area contributed by atoms with Gasteiger partial charge in [0.1, 0.15) is 11.9 Å². The van der Waals surface area contributed by atoms with Gasteiger partial charge in [0, 0.05) is 19.5 Å². The van der Waals surface area contributed by atoms with Gasteiger partial charge in [0.15, 0.2) is 17.2 Å². The van der Waals surface area contributed by atoms with E-state index in [-0.39, 0.29) is 17.2 Å². The maximum atomic E-state index is 14.0. The molecule has 0 unspecified atom stereocenters. The summed E-state index contributed by atoms with van der Waals surface area (Å²) >= 11 is 0. The van der Waals surface area contributed by atoms with Gasteiger partial charge in [-0.05, 0) is 38.9 Å². The summed E-state index contributed by atoms with van der Waals surface area (Å²) in [6.07, 6.45) is 4.72. The Labute approximate surface area is 162 Å². The van der Waals surface area contributed by atoms with Crippen LogP contribution in [0.15, 0.2) is 18.5 Å². The predicted octanol–water partition coefficient (Wildman–Crippen LogP) is 2.75. The van der Waals surface area contributed by atoms with Crippen molar-refractivity contribution in [2.75, 3.05) is 37.3 Å². The number of nitriles is 1. The first-order valence-corrected chi connectivity index (χ1v) is 9.03. The monoisotopic (exact) mass is 388 g/mol. The van der Waals surface area contributed by atoms with Crippen molar-refractivity contribution in [3.05, 3.63) is 29.8 Å². The van der Waals surface area contributed by atoms with Crippen LogP contribution < -0.4 is 10.6 Å². The van der Waals surface area contributed by atoms with Crippen LogP contribution >= 0.6 is 0 Å². The lowest BCUT2D eigenvalue weighted by molar-refractivity contribution is 0.0127. The van der Waals surface area contributed by atoms with Crippen LogP contribution in [-0.2, 0) is 5.92 Å². The number of nitrogens with zero attached hydrogens (tertiary/aromatic N) is 6. The van der Waals surface area contributed by atoms with E-state index in [1.54, 1.807) is 0 Å². The first kappa shape index (κ1) is 19.8. The van der Waals surface area contributed by atoms with Crippen LogP contribution in [0.4, 0.5) is 26.1 Å². The highest BCUT2D eigenvalue weighted by atomic mass is 19.3. The number of anilines is 3. The Bertz CT molecular complexity index is 836. The van der Waals surface area contributed by atoms with Crippen molar-refractivity contribution in [3.8, 4) is 6.07 Å². The fourth-order valence-electron chi connectivity index (χ4n) is 3.01. The standard InChI is InChI=1S/C18H22F2N8/c1-18(19,20)17-14(23-9-12-3-5-28(2)6-4-12)7-15(26-27-17)25-16-11-22-13(8-21)10-24-16/h7,10-12H,3-6,9H2,1-2H3,(H2,23,24,25,26). The highest BCUT2D eigenvalue weighted by Gasteiger charge is 2.31. The lowest BCUT2D eigenvalue weighted by Crippen LogP contribution is -2.33. The third kappa shape index (κ3) is 5.07. The maximum absolute atomic E-state index is 14.0. The summed E-state index contributed by atoms with van der Waals surface area (Å²) < 4.78 is 27.9. The Morgan fingerprint density at radius 3 is 2.57 bits per heavy atom. The van der Waals surface area contributed by atoms with E-state index in [1.807, 2.05) is 6.07 Å². The van der Waals surface area contributed by atoms with Gasteiger partial charge < -0.3 is 15.5 Å². The number of halogens is 2. The van der Waals surface area contributed by atoms with Crippen molar-refractivity contribution >= 4 is 17.3 Å². The smallest absolute Gasteiger partial charge is 0.290 e. The molecule has 8 nitrogen and oxygen atoms in total. The molecule has 10 heteroatoms. The number of hydrogen-bond acceptors (Lipinski definition) is 8. The summed E-state index contributed by atoms with van der Waals surface area (Å²) in [6, 6.07) is 3.37. The van der Waals surface area contributed by atoms with Crippen LogP contribution in [-0.4, -0.2) is 51.7 Å². The van der Waals surface area contributed by atoms with E-state index in [9.17, 15) is 8.78 Å². The number of piperidine rings is 1. The Morgan fingerprint density at radius 1 is 1.21 bits per heavy atom. The number of alkyl halides is 2. The number of nitrogens with one attached hydrogen (secondary N) is 2. The summed E-state index contributed by atoms with van der Waals surface area (Å²) in [5.41, 5.74) is 0.0283. The molecule has 0 spiro atoms. The van der Waals surface area contributed by atoms with E-state index in [1.165, 1.54) is 18.5 Å². The molecule has 1 saturated heterocycles. The Hall–Kier alpha value is -2.93. The van der Waals surface area contributed by atoms with Crippen molar-refractivity contribution in [3.63, 3.8) is 0 Å². The molecule has 0 atom stereocenters. The maximum Gasteiger partial charge on any atom is 0.290 e. The number of hydrogen-bond donors (Lipinski definition) is 2. The Kier molecular flexibility index (Phi) is 5.94. The number of rotatable bonds is 6. The van der Waals surface area contributed by atoms with Gasteiger partial charge in [-0.25, -0.2) is 9.97 Å². The third-order valence-corrected chi connectivity index (χ3v) is 4.65. The average molecular weight is 388 g/mol. The minimum absolute atomic E-state index is 0.179. The fourth-order valence-corrected chi connectivity index (χ4v) is 3.01. The van der Waals surface area contributed by atoms with E-state index in [4.69, 9.17) is 5.26 Å². The number of likely N-dealkylation sites (tertiary alicyclic amines) is 1. The second-order valence-electron chi connectivity index (χ2n) is 7.03. The van der Waals surface area contributed by atoms with Crippen LogP contribution in [0.2, 0.25) is 0 Å². The molecular formula is C18H22F2N8. The zero-order chi connectivity index (χ0) is 20.1. The minimum Gasteiger partial charge on any atom is -0.383 e. The van der Waals surface area contributed by atoms with E-state index in [2.05, 4.69) is 42.7 Å². The van der Waals surface area contributed by atoms with Crippen molar-refractivity contribution in [1.82, 2.24) is 25.1 Å². The second kappa shape index (κ2) is 8.39. The highest BCUT2D eigenvalue weighted by Crippen LogP contribution is 2.32. The van der Waals surface area contributed by atoms with Gasteiger partial charge in [-0.1, -0.05) is 0 Å². The molecule has 2 aromatic rings. The molecule has 3 rings (SSSR count). The third-order valence-electron chi connectivity index (χ3n) is 4.65. The molecule has 0 aromatic carbocycles. The van der Waals surface area contributed by atoms with Crippen molar-refractivity contribution in [2.24, 2.45) is 5.92 Å². The average Bonchev–Trinajstić information content (AvgIpc) is 2.67. The highest BCUT2D eigenvalue weighted by molar-refractivity contribution is 5.60. The van der Waals surface area contributed by atoms with Gasteiger partial charge in [-0.15, -0.1) is 10.2 Å². The first-order chi connectivity index (χ1) is 13.3. The normalized spacial score (nSPS) is 15.8. The van der Waals surface area contributed by atoms with E-state index in [0.717, 1.165) is 32.9 Å². The Morgan fingerprint density at radius 2 is 1.96 bits per heavy atom. The van der Waals surface area contributed by atoms with Gasteiger partial charge in [0.05, 0.1) is 18.1 Å². The quantitative estimate of drug-likeness (QED) is 0.779. The van der Waals surface area contributed by atoms with Crippen LogP contribution in [0.1, 0.15) is 31.2 Å². The number of aromatic nitrogens is 4. The fraction of sp³-hybridized carbons (Fsp3) is 0.500. The van der Waals surface area contributed by atoms with E-state index in [0.29, 0.717) is 18.3 Å². The van der Waals surface area contributed by atoms with Crippen molar-refractivity contribution in [2.45, 2.75) is 25.7 Å². The molecule has 0 radical (unpaired) electrons. The Balaban J connectivity index is 1.75. The topological polar surface area (TPSA) is 103 Å². The van der Waals surface area contributed by atoms with Crippen LogP contribution in [0.25, 0.3) is 0 Å². The molecule has 1 fully saturated rings. The van der Waals surface area contributed by atoms with Crippen LogP contribution in [0, 0.1) is 17.2 Å². The molecule has 3 heterocycles. The minimum atomic E-state index is -3.12. The summed E-state index contributed by atoms with van der Waals surface area (Å²) in [5, 5.41) is 22.3. The molecule has 1 aliphatic heterocycles. The molecule has 2 aromatic heterocycles. The van der Waals surface area contributed by atoms with Gasteiger partial charge >= 0.3 is 0 Å². The summed E-state index contributed by atoms with van der Waals surface area (Å²) in [6.45, 7) is 3.40. The van der Waals surface area contributed by atoms with Crippen LogP contribution in [0.5, 0.6) is 0 Å². The zero-order valence-corrected chi connectivity index (χ0v) is 15.8. The predicted molar refractivity (Wildman–Crippen MR) is 100 cm³/mol. The molecule has 0 bridgehead atoms. The lowest BCUT2D eigenvalue weighted by Gasteiger charge is -2.29. The van der Waals surface area contributed by atoms with Crippen molar-refractivity contribution in [1.29, 1.82) is 5.26 Å². The molecule has 2 N–H and O–H groups in total. The lowest BCUT2D eigenvalue weighted by atomic mass is 9.97. The van der Waals surface area contributed by atoms with E-state index >= 15 is 0 Å². The van der Waals surface area contributed by atoms with Gasteiger partial charge in [-0.3, -0.25) is 0 Å². The SMILES string of the molecule is CN1CCC(CNc2cc(Nc3cnc(C#N)cn3)nnc2C(C)(F)F)CC1. The summed E-state index contributed by atoms with van der Waals surface area (Å²) in [5.74, 6) is -2.10. The second-order valence-corrected chi connectivity index (χ2v) is 7.03. The first-order valence-electron chi connectivity index (χ1n) is 9.03. The van der Waals surface area contributed by atoms with E-state index < -0.39 is 11.6 Å². The zero-order valence-electron chi connectivity index (χ0n) is 15.8. The molecule has 0 saturated carbocycles. The van der Waals surface area contributed by atoms with Crippen molar-refractivity contribution < 1.29 is 8.78 Å². The summed E-state index contributed by atoms with van der Waals surface area (Å²) in [7, 11) is 2.08.